The molecule has 162 valence electrons. The summed E-state index contributed by atoms with van der Waals surface area (Å²) in [5.41, 5.74) is 5.01. The maximum Gasteiger partial charge on any atom is 0.224 e. The van der Waals surface area contributed by atoms with Crippen molar-refractivity contribution >= 4 is 27.6 Å². The van der Waals surface area contributed by atoms with Gasteiger partial charge in [0.2, 0.25) is 21.8 Å². The molecule has 0 saturated carbocycles. The lowest BCUT2D eigenvalue weighted by atomic mass is 10.0. The number of anilines is 2. The van der Waals surface area contributed by atoms with Crippen LogP contribution in [0, 0.1) is 11.6 Å². The van der Waals surface area contributed by atoms with Crippen molar-refractivity contribution in [1.82, 2.24) is 14.3 Å². The van der Waals surface area contributed by atoms with Crippen molar-refractivity contribution < 1.29 is 26.7 Å². The standard InChI is InChI=1S/C18H21F2N5O4S/c1-3-6-30(27,28)25-8-10(9-25)23-18-22-7-11(17(21)24-18)16(26)14-13(29-2)5-4-12(19)15(14)20/h4-5,7,10H,3,6,8-9H2,1-2H3,(H3,21,22,23,24). The summed E-state index contributed by atoms with van der Waals surface area (Å²) in [7, 11) is -2.04. The van der Waals surface area contributed by atoms with Gasteiger partial charge in [-0.25, -0.2) is 22.2 Å². The first-order valence-electron chi connectivity index (χ1n) is 9.11. The molecule has 1 aromatic carbocycles. The number of methoxy groups -OCH3 is 1. The van der Waals surface area contributed by atoms with E-state index in [0.29, 0.717) is 6.42 Å². The molecule has 12 heteroatoms. The van der Waals surface area contributed by atoms with Crippen LogP contribution < -0.4 is 15.8 Å². The molecule has 0 aliphatic carbocycles. The Morgan fingerprint density at radius 2 is 2.07 bits per heavy atom. The number of nitrogen functional groups attached to an aromatic ring is 1. The lowest BCUT2D eigenvalue weighted by Gasteiger charge is -2.38. The Bertz CT molecular complexity index is 1070. The molecule has 1 aromatic heterocycles. The van der Waals surface area contributed by atoms with Crippen LogP contribution in [0.4, 0.5) is 20.5 Å². The van der Waals surface area contributed by atoms with Crippen molar-refractivity contribution in [2.24, 2.45) is 0 Å². The van der Waals surface area contributed by atoms with Crippen LogP contribution in [0.5, 0.6) is 5.75 Å². The Kier molecular flexibility index (Phi) is 6.17. The molecular weight excluding hydrogens is 420 g/mol. The predicted octanol–water partition coefficient (Wildman–Crippen LogP) is 1.41. The lowest BCUT2D eigenvalue weighted by molar-refractivity contribution is 0.103. The largest absolute Gasteiger partial charge is 0.496 e. The predicted molar refractivity (Wildman–Crippen MR) is 106 cm³/mol. The summed E-state index contributed by atoms with van der Waals surface area (Å²) in [6.45, 7) is 2.31. The number of hydrogen-bond donors (Lipinski definition) is 2. The van der Waals surface area contributed by atoms with Gasteiger partial charge in [0.25, 0.3) is 0 Å². The van der Waals surface area contributed by atoms with E-state index in [0.717, 1.165) is 18.3 Å². The quantitative estimate of drug-likeness (QED) is 0.589. The molecule has 0 radical (unpaired) electrons. The van der Waals surface area contributed by atoms with Crippen LogP contribution in [0.25, 0.3) is 0 Å². The molecule has 0 spiro atoms. The van der Waals surface area contributed by atoms with Gasteiger partial charge in [-0.1, -0.05) is 6.92 Å². The fourth-order valence-electron chi connectivity index (χ4n) is 3.01. The van der Waals surface area contributed by atoms with Gasteiger partial charge in [-0.2, -0.15) is 9.29 Å². The molecule has 0 bridgehead atoms. The van der Waals surface area contributed by atoms with E-state index in [9.17, 15) is 22.0 Å². The van der Waals surface area contributed by atoms with E-state index < -0.39 is 33.0 Å². The van der Waals surface area contributed by atoms with Gasteiger partial charge in [0.15, 0.2) is 11.6 Å². The van der Waals surface area contributed by atoms with Crippen molar-refractivity contribution in [2.45, 2.75) is 19.4 Å². The monoisotopic (exact) mass is 441 g/mol. The van der Waals surface area contributed by atoms with E-state index in [4.69, 9.17) is 10.5 Å². The normalized spacial score (nSPS) is 14.9. The number of carbonyl (C=O) groups excluding carboxylic acids is 1. The van der Waals surface area contributed by atoms with Crippen LogP contribution in [0.15, 0.2) is 18.3 Å². The van der Waals surface area contributed by atoms with Crippen molar-refractivity contribution in [2.75, 3.05) is 37.0 Å². The van der Waals surface area contributed by atoms with Crippen LogP contribution in [-0.4, -0.2) is 60.5 Å². The summed E-state index contributed by atoms with van der Waals surface area (Å²) in [6.07, 6.45) is 1.63. The third-order valence-electron chi connectivity index (χ3n) is 4.60. The highest BCUT2D eigenvalue weighted by molar-refractivity contribution is 7.89. The number of carbonyl (C=O) groups is 1. The highest BCUT2D eigenvalue weighted by Gasteiger charge is 2.35. The van der Waals surface area contributed by atoms with Crippen LogP contribution in [0.1, 0.15) is 29.3 Å². The third kappa shape index (κ3) is 4.19. The summed E-state index contributed by atoms with van der Waals surface area (Å²) >= 11 is 0. The molecule has 0 amide bonds. The van der Waals surface area contributed by atoms with Crippen molar-refractivity contribution in [3.05, 3.63) is 41.1 Å². The summed E-state index contributed by atoms with van der Waals surface area (Å²) in [5, 5.41) is 2.93. The fraction of sp³-hybridized carbons (Fsp3) is 0.389. The zero-order valence-corrected chi connectivity index (χ0v) is 17.2. The second kappa shape index (κ2) is 8.48. The topological polar surface area (TPSA) is 128 Å². The number of nitrogens with zero attached hydrogens (tertiary/aromatic N) is 3. The minimum absolute atomic E-state index is 0.0834. The van der Waals surface area contributed by atoms with E-state index in [1.54, 1.807) is 6.92 Å². The van der Waals surface area contributed by atoms with Gasteiger partial charge in [-0.05, 0) is 18.6 Å². The maximum atomic E-state index is 14.2. The molecule has 2 heterocycles. The average molecular weight is 441 g/mol. The number of nitrogens with two attached hydrogens (primary N) is 1. The number of aromatic nitrogens is 2. The van der Waals surface area contributed by atoms with Crippen LogP contribution in [-0.2, 0) is 10.0 Å². The van der Waals surface area contributed by atoms with E-state index in [1.807, 2.05) is 0 Å². The molecule has 3 rings (SSSR count). The molecule has 1 aliphatic heterocycles. The maximum absolute atomic E-state index is 14.2. The first kappa shape index (κ1) is 21.8. The molecule has 30 heavy (non-hydrogen) atoms. The number of benzene rings is 1. The number of sulfonamides is 1. The van der Waals surface area contributed by atoms with Crippen molar-refractivity contribution in [3.63, 3.8) is 0 Å². The smallest absolute Gasteiger partial charge is 0.224 e. The minimum atomic E-state index is -3.26. The Morgan fingerprint density at radius 1 is 1.37 bits per heavy atom. The van der Waals surface area contributed by atoms with Crippen molar-refractivity contribution in [3.8, 4) is 5.75 Å². The first-order valence-corrected chi connectivity index (χ1v) is 10.7. The van der Waals surface area contributed by atoms with Crippen LogP contribution >= 0.6 is 0 Å². The van der Waals surface area contributed by atoms with E-state index in [-0.39, 0.29) is 48.0 Å². The van der Waals surface area contributed by atoms with Crippen LogP contribution in [0.3, 0.4) is 0 Å². The molecule has 1 aliphatic rings. The van der Waals surface area contributed by atoms with Crippen LogP contribution in [0.2, 0.25) is 0 Å². The Labute approximate surface area is 172 Å². The number of hydrogen-bond acceptors (Lipinski definition) is 8. The molecule has 3 N–H and O–H groups in total. The molecule has 0 atom stereocenters. The number of nitrogens with one attached hydrogen (secondary N) is 1. The highest BCUT2D eigenvalue weighted by Crippen LogP contribution is 2.28. The Balaban J connectivity index is 1.74. The zero-order chi connectivity index (χ0) is 22.1. The van der Waals surface area contributed by atoms with Gasteiger partial charge in [-0.15, -0.1) is 0 Å². The summed E-state index contributed by atoms with van der Waals surface area (Å²) in [5.74, 6) is -3.70. The molecule has 9 nitrogen and oxygen atoms in total. The molecular formula is C18H21F2N5O4S. The summed E-state index contributed by atoms with van der Waals surface area (Å²) < 4.78 is 58.0. The van der Waals surface area contributed by atoms with Gasteiger partial charge in [0.05, 0.1) is 24.5 Å². The summed E-state index contributed by atoms with van der Waals surface area (Å²) in [4.78, 5) is 20.7. The molecule has 1 fully saturated rings. The number of ketones is 1. The SMILES string of the molecule is CCCS(=O)(=O)N1CC(Nc2ncc(C(=O)c3c(OC)ccc(F)c3F)c(N)n2)C1. The Hall–Kier alpha value is -2.86. The number of ether oxygens (including phenoxy) is 1. The molecule has 1 saturated heterocycles. The van der Waals surface area contributed by atoms with E-state index in [1.165, 1.54) is 11.4 Å². The zero-order valence-electron chi connectivity index (χ0n) is 16.4. The number of rotatable bonds is 8. The second-order valence-corrected chi connectivity index (χ2v) is 8.82. The summed E-state index contributed by atoms with van der Waals surface area (Å²) in [6, 6.07) is 1.77. The highest BCUT2D eigenvalue weighted by atomic mass is 32.2. The molecule has 2 aromatic rings. The van der Waals surface area contributed by atoms with Gasteiger partial charge in [0, 0.05) is 19.3 Å². The Morgan fingerprint density at radius 3 is 2.67 bits per heavy atom. The lowest BCUT2D eigenvalue weighted by Crippen LogP contribution is -2.57. The average Bonchev–Trinajstić information content (AvgIpc) is 2.65. The van der Waals surface area contributed by atoms with Gasteiger partial charge < -0.3 is 15.8 Å². The minimum Gasteiger partial charge on any atom is -0.496 e. The molecule has 0 unspecified atom stereocenters. The fourth-order valence-corrected chi connectivity index (χ4v) is 4.60. The second-order valence-electron chi connectivity index (χ2n) is 6.73. The van der Waals surface area contributed by atoms with Gasteiger partial charge >= 0.3 is 0 Å². The van der Waals surface area contributed by atoms with Crippen molar-refractivity contribution in [1.29, 1.82) is 0 Å². The third-order valence-corrected chi connectivity index (χ3v) is 6.61. The van der Waals surface area contributed by atoms with Gasteiger partial charge in [0.1, 0.15) is 17.1 Å². The first-order chi connectivity index (χ1) is 14.2. The van der Waals surface area contributed by atoms with E-state index >= 15 is 0 Å². The van der Waals surface area contributed by atoms with Gasteiger partial charge in [-0.3, -0.25) is 4.79 Å². The number of halogens is 2. The van der Waals surface area contributed by atoms with E-state index in [2.05, 4.69) is 15.3 Å².